The number of aromatic nitrogens is 1. The van der Waals surface area contributed by atoms with Crippen molar-refractivity contribution in [2.75, 3.05) is 26.3 Å². The highest BCUT2D eigenvalue weighted by atomic mass is 32.1. The Morgan fingerprint density at radius 1 is 1.45 bits per heavy atom. The van der Waals surface area contributed by atoms with Crippen LogP contribution in [0.5, 0.6) is 0 Å². The van der Waals surface area contributed by atoms with Gasteiger partial charge in [-0.25, -0.2) is 4.98 Å². The molecule has 0 aromatic carbocycles. The molecule has 20 heavy (non-hydrogen) atoms. The maximum atomic E-state index is 8.75. The minimum absolute atomic E-state index is 0.223. The van der Waals surface area contributed by atoms with Gasteiger partial charge in [0.25, 0.3) is 0 Å². The van der Waals surface area contributed by atoms with Gasteiger partial charge in [0.15, 0.2) is 0 Å². The lowest BCUT2D eigenvalue weighted by molar-refractivity contribution is 0.000598. The van der Waals surface area contributed by atoms with Crippen LogP contribution in [0.1, 0.15) is 49.7 Å². The van der Waals surface area contributed by atoms with Crippen LogP contribution in [0.2, 0.25) is 0 Å². The fraction of sp³-hybridized carbons (Fsp3) is 0.800. The maximum absolute atomic E-state index is 8.75. The topological polar surface area (TPSA) is 45.6 Å². The van der Waals surface area contributed by atoms with Crippen LogP contribution in [0.15, 0.2) is 5.38 Å². The Labute approximate surface area is 125 Å². The predicted molar refractivity (Wildman–Crippen MR) is 82.2 cm³/mol. The maximum Gasteiger partial charge on any atom is 0.0954 e. The molecule has 0 radical (unpaired) electrons. The van der Waals surface area contributed by atoms with Gasteiger partial charge in [-0.3, -0.25) is 4.90 Å². The van der Waals surface area contributed by atoms with Gasteiger partial charge in [-0.05, 0) is 19.3 Å². The normalized spacial score (nSPS) is 18.0. The second-order valence-electron chi connectivity index (χ2n) is 5.76. The first kappa shape index (κ1) is 15.9. The number of hydrogen-bond acceptors (Lipinski definition) is 5. The van der Waals surface area contributed by atoms with Crippen LogP contribution in [-0.4, -0.2) is 47.4 Å². The molecule has 0 aliphatic carbocycles. The summed E-state index contributed by atoms with van der Waals surface area (Å²) in [4.78, 5) is 7.16. The summed E-state index contributed by atoms with van der Waals surface area (Å²) in [6.07, 6.45) is 3.30. The average molecular weight is 298 g/mol. The molecule has 2 rings (SSSR count). The van der Waals surface area contributed by atoms with Crippen LogP contribution < -0.4 is 0 Å². The van der Waals surface area contributed by atoms with Gasteiger partial charge in [-0.15, -0.1) is 11.3 Å². The monoisotopic (exact) mass is 298 g/mol. The van der Waals surface area contributed by atoms with Crippen LogP contribution in [0.4, 0.5) is 0 Å². The van der Waals surface area contributed by atoms with E-state index in [0.29, 0.717) is 18.6 Å². The van der Waals surface area contributed by atoms with Gasteiger partial charge in [0.05, 0.1) is 16.8 Å². The molecule has 1 saturated heterocycles. The van der Waals surface area contributed by atoms with Crippen molar-refractivity contribution in [1.29, 1.82) is 0 Å². The van der Waals surface area contributed by atoms with E-state index in [-0.39, 0.29) is 6.61 Å². The second kappa shape index (κ2) is 8.08. The zero-order chi connectivity index (χ0) is 14.4. The summed E-state index contributed by atoms with van der Waals surface area (Å²) in [6, 6.07) is 0. The molecule has 2 heterocycles. The number of likely N-dealkylation sites (tertiary alicyclic amines) is 1. The molecule has 0 spiro atoms. The first-order valence-electron chi connectivity index (χ1n) is 7.58. The third kappa shape index (κ3) is 4.81. The van der Waals surface area contributed by atoms with Gasteiger partial charge in [0.2, 0.25) is 0 Å². The molecular weight excluding hydrogens is 272 g/mol. The van der Waals surface area contributed by atoms with Crippen LogP contribution >= 0.6 is 11.3 Å². The van der Waals surface area contributed by atoms with E-state index in [1.165, 1.54) is 10.7 Å². The highest BCUT2D eigenvalue weighted by Crippen LogP contribution is 2.21. The molecule has 0 bridgehead atoms. The number of rotatable bonds is 7. The molecule has 4 nitrogen and oxygen atoms in total. The van der Waals surface area contributed by atoms with Gasteiger partial charge in [0, 0.05) is 44.1 Å². The lowest BCUT2D eigenvalue weighted by atomic mass is 10.1. The molecule has 0 saturated carbocycles. The molecule has 5 heteroatoms. The van der Waals surface area contributed by atoms with E-state index in [2.05, 4.69) is 24.1 Å². The van der Waals surface area contributed by atoms with Crippen molar-refractivity contribution >= 4 is 11.3 Å². The van der Waals surface area contributed by atoms with Crippen molar-refractivity contribution in [3.8, 4) is 0 Å². The predicted octanol–water partition coefficient (Wildman–Crippen LogP) is 2.63. The molecule has 1 aliphatic rings. The summed E-state index contributed by atoms with van der Waals surface area (Å²) in [5, 5.41) is 12.2. The standard InChI is InChI=1S/C15H26N2O2S/c1-12(2)15-16-13(11-20-15)10-17-6-4-14(5-7-17)19-9-3-8-18/h11-12,14,18H,3-10H2,1-2H3. The third-order valence-corrected chi connectivity index (χ3v) is 4.83. The Morgan fingerprint density at radius 3 is 2.80 bits per heavy atom. The number of ether oxygens (including phenoxy) is 1. The molecule has 1 aromatic heterocycles. The number of nitrogens with zero attached hydrogens (tertiary/aromatic N) is 2. The van der Waals surface area contributed by atoms with Crippen molar-refractivity contribution in [2.24, 2.45) is 0 Å². The molecule has 1 N–H and O–H groups in total. The van der Waals surface area contributed by atoms with E-state index in [9.17, 15) is 0 Å². The molecule has 1 aliphatic heterocycles. The molecule has 114 valence electrons. The number of aliphatic hydroxyl groups excluding tert-OH is 1. The van der Waals surface area contributed by atoms with Gasteiger partial charge in [-0.1, -0.05) is 13.8 Å². The van der Waals surface area contributed by atoms with Crippen molar-refractivity contribution in [3.05, 3.63) is 16.1 Å². The fourth-order valence-corrected chi connectivity index (χ4v) is 3.26. The van der Waals surface area contributed by atoms with Crippen molar-refractivity contribution in [2.45, 2.75) is 51.7 Å². The number of thiazole rings is 1. The largest absolute Gasteiger partial charge is 0.396 e. The van der Waals surface area contributed by atoms with E-state index < -0.39 is 0 Å². The Morgan fingerprint density at radius 2 is 2.20 bits per heavy atom. The van der Waals surface area contributed by atoms with Gasteiger partial charge in [-0.2, -0.15) is 0 Å². The molecule has 1 aromatic rings. The van der Waals surface area contributed by atoms with Gasteiger partial charge >= 0.3 is 0 Å². The minimum Gasteiger partial charge on any atom is -0.396 e. The molecule has 0 unspecified atom stereocenters. The van der Waals surface area contributed by atoms with E-state index in [1.807, 2.05) is 0 Å². The summed E-state index contributed by atoms with van der Waals surface area (Å²) in [5.41, 5.74) is 1.21. The summed E-state index contributed by atoms with van der Waals surface area (Å²) in [7, 11) is 0. The summed E-state index contributed by atoms with van der Waals surface area (Å²) in [5.74, 6) is 0.527. The van der Waals surface area contributed by atoms with Gasteiger partial charge < -0.3 is 9.84 Å². The molecule has 1 fully saturated rings. The number of aliphatic hydroxyl groups is 1. The lowest BCUT2D eigenvalue weighted by Gasteiger charge is -2.31. The summed E-state index contributed by atoms with van der Waals surface area (Å²) >= 11 is 1.77. The highest BCUT2D eigenvalue weighted by molar-refractivity contribution is 7.09. The van der Waals surface area contributed by atoms with E-state index in [1.54, 1.807) is 11.3 Å². The van der Waals surface area contributed by atoms with Gasteiger partial charge in [0.1, 0.15) is 0 Å². The highest BCUT2D eigenvalue weighted by Gasteiger charge is 2.20. The smallest absolute Gasteiger partial charge is 0.0954 e. The Kier molecular flexibility index (Phi) is 6.42. The van der Waals surface area contributed by atoms with Crippen LogP contribution in [0.25, 0.3) is 0 Å². The summed E-state index contributed by atoms with van der Waals surface area (Å²) in [6.45, 7) is 8.42. The van der Waals surface area contributed by atoms with E-state index in [0.717, 1.165) is 38.9 Å². The van der Waals surface area contributed by atoms with E-state index >= 15 is 0 Å². The number of hydrogen-bond donors (Lipinski definition) is 1. The first-order valence-corrected chi connectivity index (χ1v) is 8.46. The SMILES string of the molecule is CC(C)c1nc(CN2CCC(OCCCO)CC2)cs1. The third-order valence-electron chi connectivity index (χ3n) is 3.64. The zero-order valence-electron chi connectivity index (χ0n) is 12.5. The number of piperidine rings is 1. The Bertz CT molecular complexity index is 387. The van der Waals surface area contributed by atoms with Crippen molar-refractivity contribution in [3.63, 3.8) is 0 Å². The van der Waals surface area contributed by atoms with E-state index in [4.69, 9.17) is 14.8 Å². The fourth-order valence-electron chi connectivity index (χ4n) is 2.44. The van der Waals surface area contributed by atoms with Crippen molar-refractivity contribution in [1.82, 2.24) is 9.88 Å². The van der Waals surface area contributed by atoms with Crippen LogP contribution in [0.3, 0.4) is 0 Å². The average Bonchev–Trinajstić information content (AvgIpc) is 2.90. The molecule has 0 atom stereocenters. The van der Waals surface area contributed by atoms with Crippen LogP contribution in [0, 0.1) is 0 Å². The minimum atomic E-state index is 0.223. The Balaban J connectivity index is 1.71. The Hall–Kier alpha value is -0.490. The molecular formula is C15H26N2O2S. The second-order valence-corrected chi connectivity index (χ2v) is 6.64. The van der Waals surface area contributed by atoms with Crippen LogP contribution in [-0.2, 0) is 11.3 Å². The molecule has 0 amide bonds. The summed E-state index contributed by atoms with van der Waals surface area (Å²) < 4.78 is 5.76. The zero-order valence-corrected chi connectivity index (χ0v) is 13.4. The quantitative estimate of drug-likeness (QED) is 0.786. The lowest BCUT2D eigenvalue weighted by Crippen LogP contribution is -2.36. The van der Waals surface area contributed by atoms with Crippen molar-refractivity contribution < 1.29 is 9.84 Å². The first-order chi connectivity index (χ1) is 9.69.